The largest absolute Gasteiger partial charge is 0.497 e. The molecule has 0 aliphatic heterocycles. The van der Waals surface area contributed by atoms with E-state index in [1.807, 2.05) is 95.7 Å². The first-order valence-corrected chi connectivity index (χ1v) is 9.51. The number of rotatable bonds is 5. The van der Waals surface area contributed by atoms with Crippen LogP contribution in [0.3, 0.4) is 0 Å². The summed E-state index contributed by atoms with van der Waals surface area (Å²) in [6, 6.07) is 29.5. The molecule has 30 heavy (non-hydrogen) atoms. The van der Waals surface area contributed by atoms with E-state index in [1.165, 1.54) is 0 Å². The third kappa shape index (κ3) is 3.35. The van der Waals surface area contributed by atoms with E-state index in [1.54, 1.807) is 7.11 Å². The summed E-state index contributed by atoms with van der Waals surface area (Å²) in [7, 11) is 1.65. The molecule has 0 N–H and O–H groups in total. The van der Waals surface area contributed by atoms with E-state index in [0.717, 1.165) is 28.3 Å². The predicted molar refractivity (Wildman–Crippen MR) is 114 cm³/mol. The maximum absolute atomic E-state index is 5.91. The molecule has 0 radical (unpaired) electrons. The Bertz CT molecular complexity index is 1260. The molecule has 5 rings (SSSR count). The molecule has 5 aromatic rings. The molecule has 0 spiro atoms. The van der Waals surface area contributed by atoms with Crippen molar-refractivity contribution in [2.45, 2.75) is 0 Å². The summed E-state index contributed by atoms with van der Waals surface area (Å²) in [5, 5.41) is 13.2. The van der Waals surface area contributed by atoms with Crippen LogP contribution in [0.25, 0.3) is 40.0 Å². The van der Waals surface area contributed by atoms with Gasteiger partial charge in [0.2, 0.25) is 5.89 Å². The summed E-state index contributed by atoms with van der Waals surface area (Å²) < 4.78 is 13.1. The Balaban J connectivity index is 1.60. The molecule has 0 amide bonds. The maximum atomic E-state index is 5.91. The van der Waals surface area contributed by atoms with Crippen LogP contribution in [-0.2, 0) is 0 Å². The van der Waals surface area contributed by atoms with Crippen molar-refractivity contribution in [3.8, 4) is 45.7 Å². The second kappa shape index (κ2) is 7.67. The van der Waals surface area contributed by atoms with Crippen molar-refractivity contribution in [3.63, 3.8) is 0 Å². The van der Waals surface area contributed by atoms with Gasteiger partial charge in [-0.05, 0) is 42.5 Å². The van der Waals surface area contributed by atoms with E-state index in [9.17, 15) is 0 Å². The average Bonchev–Trinajstić information content (AvgIpc) is 3.48. The minimum absolute atomic E-state index is 0.373. The summed E-state index contributed by atoms with van der Waals surface area (Å²) >= 11 is 0. The molecule has 0 aliphatic carbocycles. The minimum atomic E-state index is 0.373. The first kappa shape index (κ1) is 17.9. The number of hydrogen-bond acceptors (Lipinski definition) is 5. The van der Waals surface area contributed by atoms with Crippen LogP contribution in [0.5, 0.6) is 5.75 Å². The monoisotopic (exact) mass is 394 g/mol. The van der Waals surface area contributed by atoms with Crippen molar-refractivity contribution in [2.24, 2.45) is 0 Å². The van der Waals surface area contributed by atoms with Gasteiger partial charge in [-0.15, -0.1) is 10.2 Å². The van der Waals surface area contributed by atoms with Crippen molar-refractivity contribution in [1.82, 2.24) is 20.0 Å². The van der Waals surface area contributed by atoms with Gasteiger partial charge in [0.05, 0.1) is 18.5 Å². The van der Waals surface area contributed by atoms with Gasteiger partial charge in [0.1, 0.15) is 5.75 Å². The second-order valence-corrected chi connectivity index (χ2v) is 6.67. The number of aromatic nitrogens is 4. The number of nitrogens with zero attached hydrogens (tertiary/aromatic N) is 4. The summed E-state index contributed by atoms with van der Waals surface area (Å²) in [6.45, 7) is 0. The normalized spacial score (nSPS) is 10.8. The molecule has 3 aromatic carbocycles. The zero-order chi connectivity index (χ0) is 20.3. The molecule has 0 saturated heterocycles. The fraction of sp³-hybridized carbons (Fsp3) is 0.0417. The molecule has 0 fully saturated rings. The van der Waals surface area contributed by atoms with Gasteiger partial charge in [0, 0.05) is 11.1 Å². The lowest BCUT2D eigenvalue weighted by atomic mass is 10.1. The molecule has 2 aromatic heterocycles. The molecule has 6 nitrogen and oxygen atoms in total. The standard InChI is InChI=1S/C24H18N4O2/c1-29-20-14-12-19(13-15-20)28-22(17-8-4-2-5-9-17)16-21(27-28)24-26-25-23(30-24)18-10-6-3-7-11-18/h2-16H,1H3. The van der Waals surface area contributed by atoms with Crippen LogP contribution in [0.15, 0.2) is 95.4 Å². The Kier molecular flexibility index (Phi) is 4.57. The SMILES string of the molecule is COc1ccc(-n2nc(-c3nnc(-c4ccccc4)o3)cc2-c2ccccc2)cc1. The van der Waals surface area contributed by atoms with Crippen LogP contribution in [0.1, 0.15) is 0 Å². The molecule has 146 valence electrons. The number of benzene rings is 3. The summed E-state index contributed by atoms with van der Waals surface area (Å²) in [4.78, 5) is 0. The van der Waals surface area contributed by atoms with Gasteiger partial charge in [-0.3, -0.25) is 0 Å². The maximum Gasteiger partial charge on any atom is 0.268 e. The van der Waals surface area contributed by atoms with Gasteiger partial charge in [-0.25, -0.2) is 4.68 Å². The Hall–Kier alpha value is -4.19. The van der Waals surface area contributed by atoms with Gasteiger partial charge in [0.15, 0.2) is 5.69 Å². The molecular weight excluding hydrogens is 376 g/mol. The average molecular weight is 394 g/mol. The van der Waals surface area contributed by atoms with Crippen LogP contribution in [-0.4, -0.2) is 27.1 Å². The predicted octanol–water partition coefficient (Wildman–Crippen LogP) is 5.26. The van der Waals surface area contributed by atoms with E-state index < -0.39 is 0 Å². The van der Waals surface area contributed by atoms with Crippen molar-refractivity contribution < 1.29 is 9.15 Å². The molecule has 0 aliphatic rings. The van der Waals surface area contributed by atoms with Crippen LogP contribution >= 0.6 is 0 Å². The fourth-order valence-corrected chi connectivity index (χ4v) is 3.24. The Morgan fingerprint density at radius 2 is 1.37 bits per heavy atom. The van der Waals surface area contributed by atoms with Gasteiger partial charge < -0.3 is 9.15 Å². The first-order valence-electron chi connectivity index (χ1n) is 9.51. The highest BCUT2D eigenvalue weighted by atomic mass is 16.5. The van der Waals surface area contributed by atoms with Crippen molar-refractivity contribution in [1.29, 1.82) is 0 Å². The van der Waals surface area contributed by atoms with Gasteiger partial charge >= 0.3 is 0 Å². The quantitative estimate of drug-likeness (QED) is 0.406. The highest BCUT2D eigenvalue weighted by molar-refractivity contribution is 5.68. The number of methoxy groups -OCH3 is 1. The van der Waals surface area contributed by atoms with Crippen molar-refractivity contribution in [3.05, 3.63) is 91.0 Å². The molecule has 0 saturated carbocycles. The van der Waals surface area contributed by atoms with Crippen LogP contribution in [0.2, 0.25) is 0 Å². The molecule has 2 heterocycles. The second-order valence-electron chi connectivity index (χ2n) is 6.67. The summed E-state index contributed by atoms with van der Waals surface area (Å²) in [5.74, 6) is 1.63. The minimum Gasteiger partial charge on any atom is -0.497 e. The third-order valence-corrected chi connectivity index (χ3v) is 4.76. The molecular formula is C24H18N4O2. The lowest BCUT2D eigenvalue weighted by Gasteiger charge is -2.08. The van der Waals surface area contributed by atoms with Gasteiger partial charge in [-0.2, -0.15) is 5.10 Å². The zero-order valence-corrected chi connectivity index (χ0v) is 16.3. The van der Waals surface area contributed by atoms with E-state index >= 15 is 0 Å². The smallest absolute Gasteiger partial charge is 0.268 e. The Morgan fingerprint density at radius 3 is 2.03 bits per heavy atom. The summed E-state index contributed by atoms with van der Waals surface area (Å²) in [5.41, 5.74) is 4.35. The number of ether oxygens (including phenoxy) is 1. The fourth-order valence-electron chi connectivity index (χ4n) is 3.24. The van der Waals surface area contributed by atoms with Crippen molar-refractivity contribution >= 4 is 0 Å². The van der Waals surface area contributed by atoms with E-state index in [0.29, 0.717) is 17.5 Å². The Labute approximate surface area is 173 Å². The number of hydrogen-bond donors (Lipinski definition) is 0. The lowest BCUT2D eigenvalue weighted by Crippen LogP contribution is -1.99. The lowest BCUT2D eigenvalue weighted by molar-refractivity contribution is 0.414. The van der Waals surface area contributed by atoms with E-state index in [4.69, 9.17) is 14.3 Å². The molecule has 0 bridgehead atoms. The van der Waals surface area contributed by atoms with Crippen molar-refractivity contribution in [2.75, 3.05) is 7.11 Å². The third-order valence-electron chi connectivity index (χ3n) is 4.76. The Morgan fingerprint density at radius 1 is 0.733 bits per heavy atom. The van der Waals surface area contributed by atoms with Crippen LogP contribution < -0.4 is 4.74 Å². The zero-order valence-electron chi connectivity index (χ0n) is 16.3. The van der Waals surface area contributed by atoms with Crippen LogP contribution in [0, 0.1) is 0 Å². The molecule has 6 heteroatoms. The highest BCUT2D eigenvalue weighted by Crippen LogP contribution is 2.30. The molecule has 0 atom stereocenters. The molecule has 0 unspecified atom stereocenters. The first-order chi connectivity index (χ1) is 14.8. The van der Waals surface area contributed by atoms with Gasteiger partial charge in [0.25, 0.3) is 5.89 Å². The highest BCUT2D eigenvalue weighted by Gasteiger charge is 2.18. The van der Waals surface area contributed by atoms with Gasteiger partial charge in [-0.1, -0.05) is 48.5 Å². The van der Waals surface area contributed by atoms with Crippen LogP contribution in [0.4, 0.5) is 0 Å². The van der Waals surface area contributed by atoms with E-state index in [-0.39, 0.29) is 0 Å². The topological polar surface area (TPSA) is 66.0 Å². The summed E-state index contributed by atoms with van der Waals surface area (Å²) in [6.07, 6.45) is 0. The van der Waals surface area contributed by atoms with E-state index in [2.05, 4.69) is 10.2 Å².